The van der Waals surface area contributed by atoms with E-state index in [0.717, 1.165) is 31.2 Å². The Morgan fingerprint density at radius 3 is 2.88 bits per heavy atom. The van der Waals surface area contributed by atoms with Crippen molar-refractivity contribution in [2.24, 2.45) is 5.92 Å². The van der Waals surface area contributed by atoms with Gasteiger partial charge in [-0.1, -0.05) is 0 Å². The number of hydrogen-bond acceptors (Lipinski definition) is 4. The summed E-state index contributed by atoms with van der Waals surface area (Å²) in [5.74, 6) is 1.69. The molecule has 1 fully saturated rings. The van der Waals surface area contributed by atoms with Crippen molar-refractivity contribution in [2.45, 2.75) is 12.8 Å². The second-order valence-corrected chi connectivity index (χ2v) is 4.33. The summed E-state index contributed by atoms with van der Waals surface area (Å²) in [5.41, 5.74) is 6.54. The molecule has 0 amide bonds. The molecule has 1 aromatic heterocycles. The van der Waals surface area contributed by atoms with Gasteiger partial charge in [0.05, 0.1) is 0 Å². The van der Waals surface area contributed by atoms with Crippen LogP contribution in [-0.2, 0) is 4.74 Å². The van der Waals surface area contributed by atoms with Crippen molar-refractivity contribution in [1.82, 2.24) is 4.98 Å². The first-order valence-corrected chi connectivity index (χ1v) is 5.75. The van der Waals surface area contributed by atoms with E-state index in [1.807, 2.05) is 12.1 Å². The van der Waals surface area contributed by atoms with Crippen LogP contribution in [0.5, 0.6) is 0 Å². The number of nitrogen functional groups attached to an aromatic ring is 1. The Hall–Kier alpha value is -1.29. The third-order valence-corrected chi connectivity index (χ3v) is 3.11. The molecule has 1 aliphatic heterocycles. The summed E-state index contributed by atoms with van der Waals surface area (Å²) in [6, 6.07) is 3.76. The van der Waals surface area contributed by atoms with Crippen LogP contribution in [0.2, 0.25) is 0 Å². The van der Waals surface area contributed by atoms with E-state index in [-0.39, 0.29) is 0 Å². The molecule has 0 spiro atoms. The van der Waals surface area contributed by atoms with E-state index in [9.17, 15) is 0 Å². The van der Waals surface area contributed by atoms with Crippen LogP contribution >= 0.6 is 0 Å². The first kappa shape index (κ1) is 11.2. The normalized spacial score (nSPS) is 17.7. The molecular weight excluding hydrogens is 202 g/mol. The highest BCUT2D eigenvalue weighted by Gasteiger charge is 2.19. The fraction of sp³-hybridized carbons (Fsp3) is 0.583. The molecule has 1 aliphatic rings. The molecule has 0 unspecified atom stereocenters. The number of rotatable bonds is 3. The molecule has 4 nitrogen and oxygen atoms in total. The van der Waals surface area contributed by atoms with Gasteiger partial charge >= 0.3 is 0 Å². The van der Waals surface area contributed by atoms with E-state index in [0.29, 0.717) is 5.92 Å². The van der Waals surface area contributed by atoms with Crippen molar-refractivity contribution in [3.05, 3.63) is 18.3 Å². The first-order valence-electron chi connectivity index (χ1n) is 5.75. The molecule has 16 heavy (non-hydrogen) atoms. The Bertz CT molecular complexity index is 335. The van der Waals surface area contributed by atoms with Crippen LogP contribution in [0.25, 0.3) is 0 Å². The van der Waals surface area contributed by atoms with E-state index in [4.69, 9.17) is 10.5 Å². The van der Waals surface area contributed by atoms with Crippen LogP contribution in [0.15, 0.2) is 18.3 Å². The molecule has 1 saturated heterocycles. The van der Waals surface area contributed by atoms with Crippen LogP contribution in [0.3, 0.4) is 0 Å². The number of piperidine rings is 1. The minimum Gasteiger partial charge on any atom is -0.399 e. The smallest absolute Gasteiger partial charge is 0.130 e. The van der Waals surface area contributed by atoms with Gasteiger partial charge in [0.1, 0.15) is 5.82 Å². The maximum absolute atomic E-state index is 5.75. The Morgan fingerprint density at radius 2 is 2.25 bits per heavy atom. The van der Waals surface area contributed by atoms with Crippen LogP contribution < -0.4 is 10.6 Å². The maximum Gasteiger partial charge on any atom is 0.130 e. The van der Waals surface area contributed by atoms with Gasteiger partial charge in [-0.3, -0.25) is 0 Å². The second kappa shape index (κ2) is 5.16. The molecule has 2 N–H and O–H groups in total. The lowest BCUT2D eigenvalue weighted by atomic mass is 9.98. The third kappa shape index (κ3) is 2.64. The van der Waals surface area contributed by atoms with E-state index in [2.05, 4.69) is 9.88 Å². The van der Waals surface area contributed by atoms with E-state index in [1.54, 1.807) is 13.3 Å². The van der Waals surface area contributed by atoms with Crippen LogP contribution in [0.4, 0.5) is 11.5 Å². The van der Waals surface area contributed by atoms with Gasteiger partial charge in [0.25, 0.3) is 0 Å². The molecular formula is C12H19N3O. The van der Waals surface area contributed by atoms with Crippen molar-refractivity contribution < 1.29 is 4.74 Å². The Labute approximate surface area is 96.4 Å². The maximum atomic E-state index is 5.75. The summed E-state index contributed by atoms with van der Waals surface area (Å²) < 4.78 is 5.19. The van der Waals surface area contributed by atoms with Crippen molar-refractivity contribution >= 4 is 11.5 Å². The molecule has 0 aliphatic carbocycles. The lowest BCUT2D eigenvalue weighted by molar-refractivity contribution is 0.139. The number of methoxy groups -OCH3 is 1. The van der Waals surface area contributed by atoms with Crippen LogP contribution in [-0.4, -0.2) is 31.8 Å². The van der Waals surface area contributed by atoms with Gasteiger partial charge in [0, 0.05) is 44.8 Å². The highest BCUT2D eigenvalue weighted by atomic mass is 16.5. The lowest BCUT2D eigenvalue weighted by Gasteiger charge is -2.32. The zero-order valence-corrected chi connectivity index (χ0v) is 9.72. The third-order valence-electron chi connectivity index (χ3n) is 3.11. The summed E-state index contributed by atoms with van der Waals surface area (Å²) in [6.07, 6.45) is 4.11. The van der Waals surface area contributed by atoms with Gasteiger partial charge in [-0.25, -0.2) is 4.98 Å². The fourth-order valence-corrected chi connectivity index (χ4v) is 2.17. The second-order valence-electron chi connectivity index (χ2n) is 4.33. The topological polar surface area (TPSA) is 51.4 Å². The molecule has 1 aromatic rings. The Kier molecular flexibility index (Phi) is 3.62. The largest absolute Gasteiger partial charge is 0.399 e. The lowest BCUT2D eigenvalue weighted by Crippen LogP contribution is -2.35. The molecule has 4 heteroatoms. The number of hydrogen-bond donors (Lipinski definition) is 1. The van der Waals surface area contributed by atoms with Crippen molar-refractivity contribution in [2.75, 3.05) is 37.4 Å². The van der Waals surface area contributed by atoms with E-state index >= 15 is 0 Å². The summed E-state index contributed by atoms with van der Waals surface area (Å²) in [4.78, 5) is 6.64. The standard InChI is InChI=1S/C12H19N3O/c1-16-9-10-3-6-15(7-4-10)12-8-11(13)2-5-14-12/h2,5,8,10H,3-4,6-7,9H2,1H3,(H2,13,14). The van der Waals surface area contributed by atoms with Gasteiger partial charge in [-0.15, -0.1) is 0 Å². The number of pyridine rings is 1. The Balaban J connectivity index is 1.94. The SMILES string of the molecule is COCC1CCN(c2cc(N)ccn2)CC1. The van der Waals surface area contributed by atoms with Crippen molar-refractivity contribution in [3.8, 4) is 0 Å². The average molecular weight is 221 g/mol. The van der Waals surface area contributed by atoms with Gasteiger partial charge in [-0.05, 0) is 24.8 Å². The number of aromatic nitrogens is 1. The quantitative estimate of drug-likeness (QED) is 0.841. The van der Waals surface area contributed by atoms with Crippen LogP contribution in [0, 0.1) is 5.92 Å². The summed E-state index contributed by atoms with van der Waals surface area (Å²) in [6.45, 7) is 2.97. The number of ether oxygens (including phenoxy) is 1. The Morgan fingerprint density at radius 1 is 1.50 bits per heavy atom. The molecule has 0 atom stereocenters. The molecule has 88 valence electrons. The highest BCUT2D eigenvalue weighted by Crippen LogP contribution is 2.22. The first-order chi connectivity index (χ1) is 7.79. The molecule has 0 bridgehead atoms. The highest BCUT2D eigenvalue weighted by molar-refractivity contribution is 5.50. The minimum absolute atomic E-state index is 0.697. The summed E-state index contributed by atoms with van der Waals surface area (Å²) in [7, 11) is 1.77. The summed E-state index contributed by atoms with van der Waals surface area (Å²) in [5, 5.41) is 0. The summed E-state index contributed by atoms with van der Waals surface area (Å²) >= 11 is 0. The fourth-order valence-electron chi connectivity index (χ4n) is 2.17. The van der Waals surface area contributed by atoms with Gasteiger partial charge < -0.3 is 15.4 Å². The number of nitrogens with zero attached hydrogens (tertiary/aromatic N) is 2. The predicted molar refractivity (Wildman–Crippen MR) is 65.5 cm³/mol. The van der Waals surface area contributed by atoms with E-state index in [1.165, 1.54) is 12.8 Å². The van der Waals surface area contributed by atoms with E-state index < -0.39 is 0 Å². The molecule has 0 radical (unpaired) electrons. The average Bonchev–Trinajstić information content (AvgIpc) is 2.30. The molecule has 2 rings (SSSR count). The zero-order chi connectivity index (χ0) is 11.4. The molecule has 2 heterocycles. The minimum atomic E-state index is 0.697. The monoisotopic (exact) mass is 221 g/mol. The van der Waals surface area contributed by atoms with Gasteiger partial charge in [-0.2, -0.15) is 0 Å². The number of anilines is 2. The van der Waals surface area contributed by atoms with Crippen molar-refractivity contribution in [3.63, 3.8) is 0 Å². The molecule has 0 aromatic carbocycles. The van der Waals surface area contributed by atoms with Crippen LogP contribution in [0.1, 0.15) is 12.8 Å². The molecule has 0 saturated carbocycles. The van der Waals surface area contributed by atoms with Crippen molar-refractivity contribution in [1.29, 1.82) is 0 Å². The zero-order valence-electron chi connectivity index (χ0n) is 9.72. The predicted octanol–water partition coefficient (Wildman–Crippen LogP) is 1.53. The number of nitrogens with two attached hydrogens (primary N) is 1. The van der Waals surface area contributed by atoms with Gasteiger partial charge in [0.15, 0.2) is 0 Å². The van der Waals surface area contributed by atoms with Gasteiger partial charge in [0.2, 0.25) is 0 Å².